The number of rotatable bonds is 5. The van der Waals surface area contributed by atoms with Crippen LogP contribution in [0.15, 0.2) is 54.2 Å². The van der Waals surface area contributed by atoms with E-state index in [-0.39, 0.29) is 5.91 Å². The van der Waals surface area contributed by atoms with Crippen molar-refractivity contribution in [2.24, 2.45) is 0 Å². The first-order chi connectivity index (χ1) is 11.2. The Balaban J connectivity index is 1.59. The second-order valence-electron chi connectivity index (χ2n) is 4.56. The zero-order valence-corrected chi connectivity index (χ0v) is 13.5. The molecular weight excluding hydrogens is 334 g/mol. The van der Waals surface area contributed by atoms with Crippen LogP contribution < -0.4 is 10.1 Å². The number of nitrogens with zero attached hydrogens (tertiary/aromatic N) is 2. The van der Waals surface area contributed by atoms with Crippen LogP contribution in [0, 0.1) is 0 Å². The van der Waals surface area contributed by atoms with E-state index in [2.05, 4.69) is 15.3 Å². The first-order valence-electron chi connectivity index (χ1n) is 6.75. The fourth-order valence-corrected chi connectivity index (χ4v) is 2.60. The highest BCUT2D eigenvalue weighted by atomic mass is 35.5. The molecule has 2 heterocycles. The quantitative estimate of drug-likeness (QED) is 0.758. The van der Waals surface area contributed by atoms with Crippen molar-refractivity contribution in [3.8, 4) is 5.75 Å². The van der Waals surface area contributed by atoms with Crippen LogP contribution in [-0.4, -0.2) is 15.9 Å². The van der Waals surface area contributed by atoms with Crippen LogP contribution in [0.1, 0.15) is 15.5 Å². The normalized spacial score (nSPS) is 10.3. The van der Waals surface area contributed by atoms with Crippen molar-refractivity contribution in [2.75, 3.05) is 5.32 Å². The number of halogens is 1. The summed E-state index contributed by atoms with van der Waals surface area (Å²) in [5.74, 6) is 0.442. The van der Waals surface area contributed by atoms with Gasteiger partial charge in [-0.3, -0.25) is 9.78 Å². The topological polar surface area (TPSA) is 64.1 Å². The lowest BCUT2D eigenvalue weighted by Gasteiger charge is -2.03. The summed E-state index contributed by atoms with van der Waals surface area (Å²) in [6.45, 7) is 0.300. The van der Waals surface area contributed by atoms with Crippen molar-refractivity contribution in [1.29, 1.82) is 0 Å². The van der Waals surface area contributed by atoms with E-state index in [1.54, 1.807) is 54.2 Å². The third-order valence-electron chi connectivity index (χ3n) is 2.90. The standard InChI is InChI=1S/C16H12ClN3O2S/c17-11-1-3-13(4-2-11)22-9-15-20-14(10-23-15)16(21)19-12-5-7-18-8-6-12/h1-8,10H,9H2,(H,18,19,21). The number of hydrogen-bond acceptors (Lipinski definition) is 5. The molecule has 0 unspecified atom stereocenters. The molecule has 0 radical (unpaired) electrons. The van der Waals surface area contributed by atoms with Crippen LogP contribution in [0.5, 0.6) is 5.75 Å². The molecule has 0 aliphatic rings. The van der Waals surface area contributed by atoms with Gasteiger partial charge in [-0.15, -0.1) is 11.3 Å². The number of carbonyl (C=O) groups excluding carboxylic acids is 1. The molecule has 3 aromatic rings. The number of aromatic nitrogens is 2. The Morgan fingerprint density at radius 3 is 2.65 bits per heavy atom. The van der Waals surface area contributed by atoms with E-state index in [1.807, 2.05) is 0 Å². The molecule has 0 atom stereocenters. The van der Waals surface area contributed by atoms with Crippen molar-refractivity contribution in [3.05, 3.63) is 69.9 Å². The van der Waals surface area contributed by atoms with Gasteiger partial charge >= 0.3 is 0 Å². The van der Waals surface area contributed by atoms with Gasteiger partial charge in [0, 0.05) is 28.5 Å². The molecule has 116 valence electrons. The van der Waals surface area contributed by atoms with Crippen LogP contribution in [0.3, 0.4) is 0 Å². The third-order valence-corrected chi connectivity index (χ3v) is 3.97. The van der Waals surface area contributed by atoms with E-state index < -0.39 is 0 Å². The summed E-state index contributed by atoms with van der Waals surface area (Å²) in [6.07, 6.45) is 3.23. The Kier molecular flexibility index (Phi) is 4.85. The van der Waals surface area contributed by atoms with Crippen molar-refractivity contribution >= 4 is 34.5 Å². The zero-order valence-electron chi connectivity index (χ0n) is 11.9. The fraction of sp³-hybridized carbons (Fsp3) is 0.0625. The van der Waals surface area contributed by atoms with Crippen LogP contribution in [0.4, 0.5) is 5.69 Å². The molecular formula is C16H12ClN3O2S. The molecule has 0 saturated carbocycles. The number of amides is 1. The maximum absolute atomic E-state index is 12.1. The third kappa shape index (κ3) is 4.28. The van der Waals surface area contributed by atoms with E-state index in [4.69, 9.17) is 16.3 Å². The highest BCUT2D eigenvalue weighted by molar-refractivity contribution is 7.09. The number of thiazole rings is 1. The van der Waals surface area contributed by atoms with Crippen molar-refractivity contribution in [3.63, 3.8) is 0 Å². The van der Waals surface area contributed by atoms with Crippen LogP contribution in [-0.2, 0) is 6.61 Å². The van der Waals surface area contributed by atoms with Gasteiger partial charge in [0.2, 0.25) is 0 Å². The monoisotopic (exact) mass is 345 g/mol. The zero-order chi connectivity index (χ0) is 16.1. The number of ether oxygens (including phenoxy) is 1. The van der Waals surface area contributed by atoms with Gasteiger partial charge in [-0.05, 0) is 36.4 Å². The Hall–Kier alpha value is -2.44. The second kappa shape index (κ2) is 7.21. The molecule has 23 heavy (non-hydrogen) atoms. The van der Waals surface area contributed by atoms with E-state index in [0.717, 1.165) is 5.01 Å². The summed E-state index contributed by atoms with van der Waals surface area (Å²) < 4.78 is 5.61. The van der Waals surface area contributed by atoms with E-state index in [1.165, 1.54) is 11.3 Å². The van der Waals surface area contributed by atoms with E-state index >= 15 is 0 Å². The maximum atomic E-state index is 12.1. The molecule has 7 heteroatoms. The smallest absolute Gasteiger partial charge is 0.275 e. The van der Waals surface area contributed by atoms with Crippen LogP contribution in [0.2, 0.25) is 5.02 Å². The molecule has 0 fully saturated rings. The van der Waals surface area contributed by atoms with Gasteiger partial charge in [-0.25, -0.2) is 4.98 Å². The summed E-state index contributed by atoms with van der Waals surface area (Å²) in [5.41, 5.74) is 1.04. The number of anilines is 1. The number of nitrogens with one attached hydrogen (secondary N) is 1. The number of carbonyl (C=O) groups is 1. The molecule has 0 spiro atoms. The van der Waals surface area contributed by atoms with Crippen molar-refractivity contribution in [2.45, 2.75) is 6.61 Å². The lowest BCUT2D eigenvalue weighted by atomic mass is 10.3. The maximum Gasteiger partial charge on any atom is 0.275 e. The summed E-state index contributed by atoms with van der Waals surface area (Å²) in [5, 5.41) is 5.84. The predicted octanol–water partition coefficient (Wildman–Crippen LogP) is 4.02. The Morgan fingerprint density at radius 2 is 1.91 bits per heavy atom. The lowest BCUT2D eigenvalue weighted by Crippen LogP contribution is -2.12. The van der Waals surface area contributed by atoms with Crippen molar-refractivity contribution in [1.82, 2.24) is 9.97 Å². The molecule has 1 aromatic carbocycles. The average Bonchev–Trinajstić information content (AvgIpc) is 3.04. The molecule has 3 rings (SSSR count). The summed E-state index contributed by atoms with van der Waals surface area (Å²) in [6, 6.07) is 10.5. The first-order valence-corrected chi connectivity index (χ1v) is 8.00. The molecule has 1 N–H and O–H groups in total. The number of pyridine rings is 1. The van der Waals surface area contributed by atoms with E-state index in [9.17, 15) is 4.79 Å². The van der Waals surface area contributed by atoms with Gasteiger partial charge in [0.1, 0.15) is 23.1 Å². The lowest BCUT2D eigenvalue weighted by molar-refractivity contribution is 0.102. The minimum atomic E-state index is -0.259. The average molecular weight is 346 g/mol. The van der Waals surface area contributed by atoms with Gasteiger partial charge in [-0.2, -0.15) is 0 Å². The van der Waals surface area contributed by atoms with Gasteiger partial charge in [0.05, 0.1) is 0 Å². The van der Waals surface area contributed by atoms with Crippen molar-refractivity contribution < 1.29 is 9.53 Å². The first kappa shape index (κ1) is 15.5. The van der Waals surface area contributed by atoms with Gasteiger partial charge in [0.15, 0.2) is 0 Å². The number of benzene rings is 1. The molecule has 0 saturated heterocycles. The Bertz CT molecular complexity index is 791. The van der Waals surface area contributed by atoms with Gasteiger partial charge in [0.25, 0.3) is 5.91 Å². The fourth-order valence-electron chi connectivity index (χ4n) is 1.79. The molecule has 1 amide bonds. The molecule has 0 aliphatic carbocycles. The molecule has 0 bridgehead atoms. The van der Waals surface area contributed by atoms with Gasteiger partial charge < -0.3 is 10.1 Å². The highest BCUT2D eigenvalue weighted by Crippen LogP contribution is 2.18. The highest BCUT2D eigenvalue weighted by Gasteiger charge is 2.11. The minimum Gasteiger partial charge on any atom is -0.486 e. The summed E-state index contributed by atoms with van der Waals surface area (Å²) >= 11 is 7.19. The summed E-state index contributed by atoms with van der Waals surface area (Å²) in [7, 11) is 0. The second-order valence-corrected chi connectivity index (χ2v) is 5.94. The minimum absolute atomic E-state index is 0.259. The van der Waals surface area contributed by atoms with E-state index in [0.29, 0.717) is 28.8 Å². The number of hydrogen-bond donors (Lipinski definition) is 1. The molecule has 0 aliphatic heterocycles. The predicted molar refractivity (Wildman–Crippen MR) is 90.1 cm³/mol. The largest absolute Gasteiger partial charge is 0.486 e. The Morgan fingerprint density at radius 1 is 1.17 bits per heavy atom. The Labute approximate surface area is 141 Å². The van der Waals surface area contributed by atoms with Gasteiger partial charge in [-0.1, -0.05) is 11.6 Å². The molecule has 5 nitrogen and oxygen atoms in total. The molecule has 2 aromatic heterocycles. The SMILES string of the molecule is O=C(Nc1ccncc1)c1csc(COc2ccc(Cl)cc2)n1. The van der Waals surface area contributed by atoms with Crippen LogP contribution in [0.25, 0.3) is 0 Å². The van der Waals surface area contributed by atoms with Crippen LogP contribution >= 0.6 is 22.9 Å². The summed E-state index contributed by atoms with van der Waals surface area (Å²) in [4.78, 5) is 20.3.